The van der Waals surface area contributed by atoms with Gasteiger partial charge in [-0.1, -0.05) is 6.92 Å². The van der Waals surface area contributed by atoms with Gasteiger partial charge in [0, 0.05) is 37.3 Å². The third kappa shape index (κ3) is 2.29. The number of carbonyl (C=O) groups is 2. The van der Waals surface area contributed by atoms with Gasteiger partial charge < -0.3 is 16.0 Å². The van der Waals surface area contributed by atoms with Gasteiger partial charge in [-0.15, -0.1) is 0 Å². The molecule has 1 aliphatic carbocycles. The number of fused-ring (bicyclic) bond motifs is 1. The maximum Gasteiger partial charge on any atom is 0.251 e. The van der Waals surface area contributed by atoms with Crippen LogP contribution in [0.3, 0.4) is 0 Å². The summed E-state index contributed by atoms with van der Waals surface area (Å²) in [6, 6.07) is 5.48. The second-order valence-electron chi connectivity index (χ2n) is 6.45. The van der Waals surface area contributed by atoms with Crippen LogP contribution in [0.2, 0.25) is 0 Å². The number of nitrogens with one attached hydrogen (secondary N) is 1. The van der Waals surface area contributed by atoms with Gasteiger partial charge >= 0.3 is 0 Å². The SMILES string of the molecule is CNC(=O)c1ccc2c(c1)[C@H](N)[C@@H](C)C(C1CC1)N2C(C)=O. The number of amides is 2. The molecule has 1 fully saturated rings. The quantitative estimate of drug-likeness (QED) is 0.875. The number of hydrogen-bond acceptors (Lipinski definition) is 3. The van der Waals surface area contributed by atoms with Crippen molar-refractivity contribution < 1.29 is 9.59 Å². The molecule has 1 aromatic rings. The van der Waals surface area contributed by atoms with E-state index in [2.05, 4.69) is 12.2 Å². The van der Waals surface area contributed by atoms with Gasteiger partial charge in [0.1, 0.15) is 0 Å². The summed E-state index contributed by atoms with van der Waals surface area (Å²) in [5.41, 5.74) is 8.78. The molecule has 22 heavy (non-hydrogen) atoms. The van der Waals surface area contributed by atoms with Crippen molar-refractivity contribution in [2.75, 3.05) is 11.9 Å². The first kappa shape index (κ1) is 15.0. The van der Waals surface area contributed by atoms with Crippen LogP contribution < -0.4 is 16.0 Å². The Hall–Kier alpha value is -1.88. The predicted molar refractivity (Wildman–Crippen MR) is 85.6 cm³/mol. The summed E-state index contributed by atoms with van der Waals surface area (Å²) in [6.45, 7) is 3.72. The smallest absolute Gasteiger partial charge is 0.251 e. The van der Waals surface area contributed by atoms with E-state index in [4.69, 9.17) is 5.73 Å². The fourth-order valence-electron chi connectivity index (χ4n) is 3.68. The fraction of sp³-hybridized carbons (Fsp3) is 0.529. The number of nitrogens with two attached hydrogens (primary N) is 1. The van der Waals surface area contributed by atoms with Crippen molar-refractivity contribution >= 4 is 17.5 Å². The summed E-state index contributed by atoms with van der Waals surface area (Å²) in [4.78, 5) is 26.0. The van der Waals surface area contributed by atoms with Crippen LogP contribution in [0, 0.1) is 11.8 Å². The Morgan fingerprint density at radius 2 is 2.00 bits per heavy atom. The number of carbonyl (C=O) groups excluding carboxylic acids is 2. The normalized spacial score (nSPS) is 27.3. The van der Waals surface area contributed by atoms with Crippen molar-refractivity contribution in [3.63, 3.8) is 0 Å². The van der Waals surface area contributed by atoms with Crippen LogP contribution in [0.5, 0.6) is 0 Å². The molecule has 1 heterocycles. The molecule has 0 radical (unpaired) electrons. The topological polar surface area (TPSA) is 75.4 Å². The molecule has 3 N–H and O–H groups in total. The molecule has 0 aromatic heterocycles. The van der Waals surface area contributed by atoms with E-state index in [0.717, 1.165) is 24.1 Å². The van der Waals surface area contributed by atoms with E-state index < -0.39 is 0 Å². The maximum absolute atomic E-state index is 12.2. The molecule has 3 rings (SSSR count). The van der Waals surface area contributed by atoms with Crippen molar-refractivity contribution in [3.8, 4) is 0 Å². The Morgan fingerprint density at radius 1 is 1.32 bits per heavy atom. The standard InChI is InChI=1S/C17H23N3O2/c1-9-15(18)13-8-12(17(22)19-3)6-7-14(13)20(10(2)21)16(9)11-4-5-11/h6-9,11,15-16H,4-5,18H2,1-3H3,(H,19,22)/t9-,15-,16?/m1/s1. The first-order valence-corrected chi connectivity index (χ1v) is 7.87. The summed E-state index contributed by atoms with van der Waals surface area (Å²) < 4.78 is 0. The van der Waals surface area contributed by atoms with Crippen molar-refractivity contribution in [2.45, 2.75) is 38.8 Å². The largest absolute Gasteiger partial charge is 0.355 e. The number of rotatable bonds is 2. The molecule has 1 aliphatic heterocycles. The summed E-state index contributed by atoms with van der Waals surface area (Å²) in [7, 11) is 1.61. The van der Waals surface area contributed by atoms with E-state index >= 15 is 0 Å². The van der Waals surface area contributed by atoms with Crippen molar-refractivity contribution in [1.82, 2.24) is 5.32 Å². The molecule has 1 saturated carbocycles. The molecule has 2 amide bonds. The lowest BCUT2D eigenvalue weighted by atomic mass is 9.80. The van der Waals surface area contributed by atoms with E-state index in [0.29, 0.717) is 11.5 Å². The van der Waals surface area contributed by atoms with Crippen molar-refractivity contribution in [3.05, 3.63) is 29.3 Å². The van der Waals surface area contributed by atoms with Crippen molar-refractivity contribution in [1.29, 1.82) is 0 Å². The minimum absolute atomic E-state index is 0.0459. The third-order valence-corrected chi connectivity index (χ3v) is 4.98. The van der Waals surface area contributed by atoms with E-state index in [1.165, 1.54) is 0 Å². The highest BCUT2D eigenvalue weighted by atomic mass is 16.2. The molecule has 3 atom stereocenters. The van der Waals surface area contributed by atoms with E-state index in [1.807, 2.05) is 17.0 Å². The second-order valence-corrected chi connectivity index (χ2v) is 6.45. The number of anilines is 1. The minimum atomic E-state index is -0.152. The molecule has 1 unspecified atom stereocenters. The Labute approximate surface area is 130 Å². The van der Waals surface area contributed by atoms with Gasteiger partial charge in [-0.05, 0) is 48.4 Å². The van der Waals surface area contributed by atoms with Gasteiger partial charge in [-0.2, -0.15) is 0 Å². The average Bonchev–Trinajstić information content (AvgIpc) is 3.33. The Bertz CT molecular complexity index is 624. The number of benzene rings is 1. The fourth-order valence-corrected chi connectivity index (χ4v) is 3.68. The molecule has 0 spiro atoms. The predicted octanol–water partition coefficient (Wildman–Crippen LogP) is 1.83. The van der Waals surface area contributed by atoms with Crippen LogP contribution in [-0.4, -0.2) is 24.9 Å². The summed E-state index contributed by atoms with van der Waals surface area (Å²) in [5, 5.41) is 2.62. The van der Waals surface area contributed by atoms with Gasteiger partial charge in [-0.25, -0.2) is 0 Å². The summed E-state index contributed by atoms with van der Waals surface area (Å²) in [5.74, 6) is 0.645. The maximum atomic E-state index is 12.2. The van der Waals surface area contributed by atoms with Crippen LogP contribution in [0.25, 0.3) is 0 Å². The van der Waals surface area contributed by atoms with Gasteiger partial charge in [-0.3, -0.25) is 9.59 Å². The zero-order chi connectivity index (χ0) is 16.0. The van der Waals surface area contributed by atoms with Gasteiger partial charge in [0.25, 0.3) is 5.91 Å². The molecule has 5 heteroatoms. The Kier molecular flexibility index (Phi) is 3.68. The number of nitrogens with zero attached hydrogens (tertiary/aromatic N) is 1. The highest BCUT2D eigenvalue weighted by molar-refractivity contribution is 5.97. The highest BCUT2D eigenvalue weighted by Gasteiger charge is 2.46. The molecule has 0 bridgehead atoms. The molecule has 118 valence electrons. The first-order chi connectivity index (χ1) is 10.5. The lowest BCUT2D eigenvalue weighted by molar-refractivity contribution is -0.117. The van der Waals surface area contributed by atoms with E-state index in [-0.39, 0.29) is 29.8 Å². The van der Waals surface area contributed by atoms with Crippen LogP contribution in [0.1, 0.15) is 48.7 Å². The van der Waals surface area contributed by atoms with Crippen LogP contribution in [0.4, 0.5) is 5.69 Å². The molecule has 0 saturated heterocycles. The minimum Gasteiger partial charge on any atom is -0.355 e. The molecular formula is C17H23N3O2. The summed E-state index contributed by atoms with van der Waals surface area (Å²) in [6.07, 6.45) is 2.33. The number of hydrogen-bond donors (Lipinski definition) is 2. The third-order valence-electron chi connectivity index (χ3n) is 4.98. The first-order valence-electron chi connectivity index (χ1n) is 7.87. The van der Waals surface area contributed by atoms with E-state index in [1.54, 1.807) is 20.0 Å². The average molecular weight is 301 g/mol. The molecule has 2 aliphatic rings. The van der Waals surface area contributed by atoms with E-state index in [9.17, 15) is 9.59 Å². The zero-order valence-corrected chi connectivity index (χ0v) is 13.3. The molecule has 1 aromatic carbocycles. The van der Waals surface area contributed by atoms with Crippen LogP contribution in [0.15, 0.2) is 18.2 Å². The monoisotopic (exact) mass is 301 g/mol. The lowest BCUT2D eigenvalue weighted by Crippen LogP contribution is -2.51. The second kappa shape index (κ2) is 5.39. The van der Waals surface area contributed by atoms with Crippen LogP contribution in [-0.2, 0) is 4.79 Å². The van der Waals surface area contributed by atoms with Crippen LogP contribution >= 0.6 is 0 Å². The van der Waals surface area contributed by atoms with Crippen molar-refractivity contribution in [2.24, 2.45) is 17.6 Å². The zero-order valence-electron chi connectivity index (χ0n) is 13.3. The van der Waals surface area contributed by atoms with Gasteiger partial charge in [0.2, 0.25) is 5.91 Å². The molecule has 5 nitrogen and oxygen atoms in total. The van der Waals surface area contributed by atoms with Gasteiger partial charge in [0.05, 0.1) is 0 Å². The highest BCUT2D eigenvalue weighted by Crippen LogP contribution is 2.48. The summed E-state index contributed by atoms with van der Waals surface area (Å²) >= 11 is 0. The van der Waals surface area contributed by atoms with Gasteiger partial charge in [0.15, 0.2) is 0 Å². The Balaban J connectivity index is 2.09. The Morgan fingerprint density at radius 3 is 2.55 bits per heavy atom. The molecular weight excluding hydrogens is 278 g/mol. The lowest BCUT2D eigenvalue weighted by Gasteiger charge is -2.44.